The number of allylic oxidation sites excluding steroid dienone is 3. The lowest BCUT2D eigenvalue weighted by Crippen LogP contribution is -2.50. The monoisotopic (exact) mass is 496 g/mol. The molecule has 7 nitrogen and oxygen atoms in total. The lowest BCUT2D eigenvalue weighted by molar-refractivity contribution is 0.0170. The molecule has 0 bridgehead atoms. The second kappa shape index (κ2) is 10.3. The highest BCUT2D eigenvalue weighted by Crippen LogP contribution is 2.21. The number of carbonyl (C=O) groups excluding carboxylic acids is 2. The van der Waals surface area contributed by atoms with E-state index in [9.17, 15) is 9.59 Å². The number of piperazine rings is 1. The zero-order chi connectivity index (χ0) is 22.5. The second-order valence-electron chi connectivity index (χ2n) is 7.97. The minimum Gasteiger partial charge on any atom is -0.444 e. The molecule has 0 atom stereocenters. The molecule has 1 aliphatic rings. The Kier molecular flexibility index (Phi) is 8.25. The molecule has 0 aromatic carbocycles. The number of nitrogens with one attached hydrogen (secondary N) is 1. The van der Waals surface area contributed by atoms with E-state index in [0.717, 1.165) is 11.3 Å². The van der Waals surface area contributed by atoms with Crippen LogP contribution >= 0.6 is 27.3 Å². The van der Waals surface area contributed by atoms with Crippen LogP contribution in [0.15, 0.2) is 45.0 Å². The number of hydrogen-bond acceptors (Lipinski definition) is 6. The quantitative estimate of drug-likeness (QED) is 0.605. The Morgan fingerprint density at radius 2 is 1.87 bits per heavy atom. The highest BCUT2D eigenvalue weighted by Gasteiger charge is 2.27. The molecule has 2 heterocycles. The molecule has 1 saturated heterocycles. The average molecular weight is 497 g/mol. The van der Waals surface area contributed by atoms with Crippen molar-refractivity contribution in [2.45, 2.75) is 40.2 Å². The predicted octanol–water partition coefficient (Wildman–Crippen LogP) is 4.55. The number of hydrogen-bond donors (Lipinski definition) is 1. The maximum absolute atomic E-state index is 12.6. The maximum Gasteiger partial charge on any atom is 0.410 e. The van der Waals surface area contributed by atoms with E-state index in [1.54, 1.807) is 10.3 Å². The lowest BCUT2D eigenvalue weighted by atomic mass is 10.1. The summed E-state index contributed by atoms with van der Waals surface area (Å²) >= 11 is 4.64. The van der Waals surface area contributed by atoms with Crippen molar-refractivity contribution in [1.29, 1.82) is 0 Å². The fourth-order valence-corrected chi connectivity index (χ4v) is 3.85. The Balaban J connectivity index is 2.11. The summed E-state index contributed by atoms with van der Waals surface area (Å²) in [6.45, 7) is 15.6. The van der Waals surface area contributed by atoms with Crippen LogP contribution in [0.5, 0.6) is 0 Å². The van der Waals surface area contributed by atoms with Gasteiger partial charge in [0.15, 0.2) is 3.92 Å². The van der Waals surface area contributed by atoms with Crippen molar-refractivity contribution in [3.63, 3.8) is 0 Å². The molecular weight excluding hydrogens is 468 g/mol. The van der Waals surface area contributed by atoms with Crippen molar-refractivity contribution in [3.8, 4) is 0 Å². The Labute approximate surface area is 190 Å². The van der Waals surface area contributed by atoms with E-state index in [-0.39, 0.29) is 12.0 Å². The Bertz CT molecular complexity index is 862. The largest absolute Gasteiger partial charge is 0.444 e. The number of rotatable bonds is 5. The van der Waals surface area contributed by atoms with Crippen molar-refractivity contribution in [2.24, 2.45) is 0 Å². The van der Waals surface area contributed by atoms with Crippen LogP contribution in [0.2, 0.25) is 0 Å². The molecule has 0 radical (unpaired) electrons. The normalized spacial score (nSPS) is 15.8. The number of nitrogens with zero attached hydrogens (tertiary/aromatic N) is 3. The molecule has 2 rings (SSSR count). The van der Waals surface area contributed by atoms with Gasteiger partial charge in [-0.05, 0) is 56.6 Å². The molecule has 0 saturated carbocycles. The molecule has 9 heteroatoms. The van der Waals surface area contributed by atoms with E-state index in [1.807, 2.05) is 46.8 Å². The molecule has 30 heavy (non-hydrogen) atoms. The minimum absolute atomic E-state index is 0.273. The van der Waals surface area contributed by atoms with Crippen molar-refractivity contribution < 1.29 is 14.3 Å². The van der Waals surface area contributed by atoms with Gasteiger partial charge in [0.05, 0.1) is 11.4 Å². The number of aromatic nitrogens is 1. The zero-order valence-electron chi connectivity index (χ0n) is 18.1. The maximum atomic E-state index is 12.6. The first-order chi connectivity index (χ1) is 14.0. The van der Waals surface area contributed by atoms with E-state index < -0.39 is 5.60 Å². The van der Waals surface area contributed by atoms with Crippen molar-refractivity contribution in [3.05, 3.63) is 50.7 Å². The molecule has 1 aromatic rings. The van der Waals surface area contributed by atoms with E-state index in [0.29, 0.717) is 41.5 Å². The number of amides is 2. The van der Waals surface area contributed by atoms with Gasteiger partial charge in [-0.25, -0.2) is 9.78 Å². The Morgan fingerprint density at radius 1 is 1.27 bits per heavy atom. The van der Waals surface area contributed by atoms with E-state index >= 15 is 0 Å². The molecule has 2 amide bonds. The van der Waals surface area contributed by atoms with Gasteiger partial charge in [0.25, 0.3) is 5.91 Å². The number of carbonyl (C=O) groups is 2. The highest BCUT2D eigenvalue weighted by atomic mass is 79.9. The Hall–Kier alpha value is -2.13. The first-order valence-electron chi connectivity index (χ1n) is 9.69. The van der Waals surface area contributed by atoms with Gasteiger partial charge in [-0.3, -0.25) is 4.79 Å². The van der Waals surface area contributed by atoms with E-state index in [2.05, 4.69) is 37.7 Å². The van der Waals surface area contributed by atoms with Gasteiger partial charge in [0.2, 0.25) is 0 Å². The molecule has 0 aliphatic carbocycles. The summed E-state index contributed by atoms with van der Waals surface area (Å²) in [5.74, 6) is -0.273. The van der Waals surface area contributed by atoms with Crippen LogP contribution < -0.4 is 5.32 Å². The lowest BCUT2D eigenvalue weighted by Gasteiger charge is -2.38. The summed E-state index contributed by atoms with van der Waals surface area (Å²) in [6, 6.07) is 0. The summed E-state index contributed by atoms with van der Waals surface area (Å²) in [5.41, 5.74) is 2.24. The summed E-state index contributed by atoms with van der Waals surface area (Å²) in [6.07, 6.45) is 3.49. The smallest absolute Gasteiger partial charge is 0.410 e. The van der Waals surface area contributed by atoms with Gasteiger partial charge in [-0.2, -0.15) is 0 Å². The molecule has 1 aliphatic heterocycles. The van der Waals surface area contributed by atoms with Crippen LogP contribution in [0, 0.1) is 0 Å². The van der Waals surface area contributed by atoms with Crippen molar-refractivity contribution in [2.75, 3.05) is 26.2 Å². The first-order valence-corrected chi connectivity index (χ1v) is 11.4. The zero-order valence-corrected chi connectivity index (χ0v) is 20.5. The van der Waals surface area contributed by atoms with Gasteiger partial charge in [-0.15, -0.1) is 11.3 Å². The van der Waals surface area contributed by atoms with E-state index in [4.69, 9.17) is 4.74 Å². The average Bonchev–Trinajstić information content (AvgIpc) is 3.09. The van der Waals surface area contributed by atoms with Gasteiger partial charge < -0.3 is 19.9 Å². The van der Waals surface area contributed by atoms with Crippen molar-refractivity contribution >= 4 is 39.3 Å². The van der Waals surface area contributed by atoms with Gasteiger partial charge in [-0.1, -0.05) is 18.2 Å². The standard InChI is InChI=1S/C21H29BrN4O3S/c1-7-15(23-18(27)16-13-30-19(22)24-16)17(12-14(2)3)25-8-10-26(11-9-25)20(28)29-21(4,5)6/h7,12-13H,2,8-11H2,1,3-6H3,(H,23,27)/b15-7+,17-12+. The molecule has 0 spiro atoms. The first kappa shape index (κ1) is 24.1. The topological polar surface area (TPSA) is 74.8 Å². The third-order valence-electron chi connectivity index (χ3n) is 4.18. The fourth-order valence-electron chi connectivity index (χ4n) is 2.86. The number of ether oxygens (including phenoxy) is 1. The molecule has 1 fully saturated rings. The molecular formula is C21H29BrN4O3S. The summed E-state index contributed by atoms with van der Waals surface area (Å²) in [4.78, 5) is 33.0. The van der Waals surface area contributed by atoms with Crippen LogP contribution in [-0.2, 0) is 4.74 Å². The predicted molar refractivity (Wildman–Crippen MR) is 123 cm³/mol. The van der Waals surface area contributed by atoms with Gasteiger partial charge >= 0.3 is 6.09 Å². The minimum atomic E-state index is -0.522. The summed E-state index contributed by atoms with van der Waals surface area (Å²) in [7, 11) is 0. The fraction of sp³-hybridized carbons (Fsp3) is 0.476. The highest BCUT2D eigenvalue weighted by molar-refractivity contribution is 9.11. The summed E-state index contributed by atoms with van der Waals surface area (Å²) < 4.78 is 6.13. The third kappa shape index (κ3) is 6.98. The Morgan fingerprint density at radius 3 is 2.33 bits per heavy atom. The molecule has 1 aromatic heterocycles. The second-order valence-corrected chi connectivity index (χ2v) is 10.1. The van der Waals surface area contributed by atoms with Gasteiger partial charge in [0, 0.05) is 31.6 Å². The SMILES string of the molecule is C=C(C)/C=C(\C(=C/C)NC(=O)c1csc(Br)n1)N1CCN(C(=O)OC(C)(C)C)CC1. The number of halogens is 1. The van der Waals surface area contributed by atoms with Crippen LogP contribution in [0.4, 0.5) is 4.79 Å². The van der Waals surface area contributed by atoms with Crippen molar-refractivity contribution in [1.82, 2.24) is 20.1 Å². The molecule has 0 unspecified atom stereocenters. The van der Waals surface area contributed by atoms with Crippen LogP contribution in [0.1, 0.15) is 45.1 Å². The van der Waals surface area contributed by atoms with E-state index in [1.165, 1.54) is 11.3 Å². The van der Waals surface area contributed by atoms with Gasteiger partial charge in [0.1, 0.15) is 11.3 Å². The van der Waals surface area contributed by atoms with Crippen LogP contribution in [0.3, 0.4) is 0 Å². The van der Waals surface area contributed by atoms with Crippen LogP contribution in [-0.4, -0.2) is 58.6 Å². The molecule has 1 N–H and O–H groups in total. The third-order valence-corrected chi connectivity index (χ3v) is 5.54. The number of thiazole rings is 1. The molecule has 164 valence electrons. The summed E-state index contributed by atoms with van der Waals surface area (Å²) in [5, 5.41) is 4.66. The van der Waals surface area contributed by atoms with Crippen LogP contribution in [0.25, 0.3) is 0 Å².